The van der Waals surface area contributed by atoms with Gasteiger partial charge in [-0.15, -0.1) is 11.3 Å². The number of thiazole rings is 1. The van der Waals surface area contributed by atoms with Crippen LogP contribution in [0, 0.1) is 13.8 Å². The van der Waals surface area contributed by atoms with Gasteiger partial charge in [-0.25, -0.2) is 4.98 Å². The Morgan fingerprint density at radius 1 is 1.17 bits per heavy atom. The minimum absolute atomic E-state index is 0.142. The van der Waals surface area contributed by atoms with E-state index in [-0.39, 0.29) is 11.9 Å². The molecule has 0 unspecified atom stereocenters. The number of nitrogens with zero attached hydrogens (tertiary/aromatic N) is 3. The van der Waals surface area contributed by atoms with Gasteiger partial charge in [-0.05, 0) is 56.0 Å². The summed E-state index contributed by atoms with van der Waals surface area (Å²) in [7, 11) is 0. The highest BCUT2D eigenvalue weighted by molar-refractivity contribution is 7.15. The second-order valence-electron chi connectivity index (χ2n) is 7.93. The first-order chi connectivity index (χ1) is 14.0. The Kier molecular flexibility index (Phi) is 4.28. The lowest BCUT2D eigenvalue weighted by atomic mass is 10.0. The highest BCUT2D eigenvalue weighted by Crippen LogP contribution is 2.33. The van der Waals surface area contributed by atoms with Gasteiger partial charge in [-0.2, -0.15) is 0 Å². The zero-order valence-electron chi connectivity index (χ0n) is 16.8. The molecule has 146 valence electrons. The number of hydrogen-bond donors (Lipinski definition) is 0. The maximum absolute atomic E-state index is 13.2. The number of fused-ring (bicyclic) bond motifs is 2. The fourth-order valence-electron chi connectivity index (χ4n) is 4.18. The predicted octanol–water partition coefficient (Wildman–Crippen LogP) is 5.20. The normalized spacial score (nSPS) is 15.8. The van der Waals surface area contributed by atoms with Crippen molar-refractivity contribution in [1.82, 2.24) is 9.38 Å². The van der Waals surface area contributed by atoms with E-state index in [0.29, 0.717) is 6.42 Å². The lowest BCUT2D eigenvalue weighted by Crippen LogP contribution is -2.37. The number of carbonyl (C=O) groups is 1. The van der Waals surface area contributed by atoms with E-state index < -0.39 is 0 Å². The van der Waals surface area contributed by atoms with E-state index in [1.165, 1.54) is 16.7 Å². The standard InChI is InChI=1S/C24H23N3OS/c1-15-8-9-18(10-16(15)2)21-13-26-20(14-29-24(26)25-21)12-23(28)27-17(3)11-19-6-4-5-7-22(19)27/h4-10,13-14,17H,11-12H2,1-3H3/t17-/m0/s1. The van der Waals surface area contributed by atoms with Crippen molar-refractivity contribution in [3.05, 3.63) is 76.4 Å². The fraction of sp³-hybridized carbons (Fsp3) is 0.250. The molecule has 0 saturated heterocycles. The number of aryl methyl sites for hydroxylation is 2. The lowest BCUT2D eigenvalue weighted by Gasteiger charge is -2.22. The van der Waals surface area contributed by atoms with Gasteiger partial charge in [0.25, 0.3) is 0 Å². The molecule has 1 atom stereocenters. The second kappa shape index (κ2) is 6.85. The lowest BCUT2D eigenvalue weighted by molar-refractivity contribution is -0.118. The van der Waals surface area contributed by atoms with Gasteiger partial charge in [0.1, 0.15) is 0 Å². The first-order valence-corrected chi connectivity index (χ1v) is 10.8. The minimum atomic E-state index is 0.142. The molecule has 0 N–H and O–H groups in total. The summed E-state index contributed by atoms with van der Waals surface area (Å²) < 4.78 is 2.07. The number of benzene rings is 2. The molecule has 4 aromatic rings. The summed E-state index contributed by atoms with van der Waals surface area (Å²) in [5.74, 6) is 0.142. The molecule has 4 nitrogen and oxygen atoms in total. The highest BCUT2D eigenvalue weighted by atomic mass is 32.1. The van der Waals surface area contributed by atoms with Gasteiger partial charge in [0.2, 0.25) is 5.91 Å². The molecule has 0 fully saturated rings. The van der Waals surface area contributed by atoms with E-state index in [1.807, 2.05) is 17.0 Å². The number of amides is 1. The van der Waals surface area contributed by atoms with Gasteiger partial charge < -0.3 is 4.90 Å². The number of imidazole rings is 1. The number of hydrogen-bond acceptors (Lipinski definition) is 3. The van der Waals surface area contributed by atoms with Crippen molar-refractivity contribution in [3.63, 3.8) is 0 Å². The van der Waals surface area contributed by atoms with E-state index in [9.17, 15) is 4.79 Å². The summed E-state index contributed by atoms with van der Waals surface area (Å²) in [4.78, 5) is 20.9. The zero-order chi connectivity index (χ0) is 20.1. The van der Waals surface area contributed by atoms with Crippen LogP contribution in [-0.2, 0) is 17.6 Å². The Morgan fingerprint density at radius 2 is 2.00 bits per heavy atom. The SMILES string of the molecule is Cc1ccc(-c2cn3c(CC(=O)N4c5ccccc5C[C@@H]4C)csc3n2)cc1C. The molecule has 2 aromatic carbocycles. The molecule has 1 amide bonds. The Bertz CT molecular complexity index is 1240. The number of carbonyl (C=O) groups excluding carboxylic acids is 1. The Labute approximate surface area is 174 Å². The molecule has 2 aromatic heterocycles. The fourth-order valence-corrected chi connectivity index (χ4v) is 5.05. The molecule has 29 heavy (non-hydrogen) atoms. The average Bonchev–Trinajstić information content (AvgIpc) is 3.36. The number of rotatable bonds is 3. The predicted molar refractivity (Wildman–Crippen MR) is 119 cm³/mol. The highest BCUT2D eigenvalue weighted by Gasteiger charge is 2.30. The smallest absolute Gasteiger partial charge is 0.233 e. The van der Waals surface area contributed by atoms with Crippen molar-refractivity contribution >= 4 is 27.9 Å². The molecular formula is C24H23N3OS. The third-order valence-corrected chi connectivity index (χ3v) is 6.78. The van der Waals surface area contributed by atoms with Gasteiger partial charge in [0.05, 0.1) is 12.1 Å². The van der Waals surface area contributed by atoms with Crippen molar-refractivity contribution in [3.8, 4) is 11.3 Å². The summed E-state index contributed by atoms with van der Waals surface area (Å²) in [6.07, 6.45) is 3.35. The Balaban J connectivity index is 1.45. The van der Waals surface area contributed by atoms with Crippen molar-refractivity contribution in [2.75, 3.05) is 4.90 Å². The molecule has 0 bridgehead atoms. The summed E-state index contributed by atoms with van der Waals surface area (Å²) in [6, 6.07) is 14.8. The van der Waals surface area contributed by atoms with Crippen LogP contribution in [0.2, 0.25) is 0 Å². The first-order valence-electron chi connectivity index (χ1n) is 9.94. The van der Waals surface area contributed by atoms with Crippen LogP contribution in [0.25, 0.3) is 16.2 Å². The van der Waals surface area contributed by atoms with Gasteiger partial charge in [-0.1, -0.05) is 30.3 Å². The van der Waals surface area contributed by atoms with Crippen LogP contribution in [0.1, 0.15) is 29.3 Å². The van der Waals surface area contributed by atoms with Crippen molar-refractivity contribution in [2.45, 2.75) is 39.7 Å². The van der Waals surface area contributed by atoms with Gasteiger partial charge in [-0.3, -0.25) is 9.20 Å². The van der Waals surface area contributed by atoms with E-state index in [2.05, 4.69) is 67.1 Å². The summed E-state index contributed by atoms with van der Waals surface area (Å²) in [5.41, 5.74) is 7.91. The molecule has 0 spiro atoms. The number of aromatic nitrogens is 2. The summed E-state index contributed by atoms with van der Waals surface area (Å²) in [6.45, 7) is 6.36. The van der Waals surface area contributed by atoms with E-state index >= 15 is 0 Å². The van der Waals surface area contributed by atoms with Crippen LogP contribution in [0.5, 0.6) is 0 Å². The van der Waals surface area contributed by atoms with Crippen LogP contribution in [0.15, 0.2) is 54.0 Å². The number of anilines is 1. The molecule has 0 radical (unpaired) electrons. The maximum Gasteiger partial charge on any atom is 0.233 e. The summed E-state index contributed by atoms with van der Waals surface area (Å²) in [5, 5.41) is 2.05. The van der Waals surface area contributed by atoms with Crippen molar-refractivity contribution in [2.24, 2.45) is 0 Å². The molecule has 0 aliphatic carbocycles. The van der Waals surface area contributed by atoms with Gasteiger partial charge in [0, 0.05) is 34.6 Å². The van der Waals surface area contributed by atoms with Gasteiger partial charge in [0.15, 0.2) is 4.96 Å². The van der Waals surface area contributed by atoms with Crippen LogP contribution in [0.4, 0.5) is 5.69 Å². The first kappa shape index (κ1) is 18.1. The van der Waals surface area contributed by atoms with Gasteiger partial charge >= 0.3 is 0 Å². The Hall–Kier alpha value is -2.92. The van der Waals surface area contributed by atoms with E-state index in [4.69, 9.17) is 4.98 Å². The second-order valence-corrected chi connectivity index (χ2v) is 8.76. The Morgan fingerprint density at radius 3 is 2.83 bits per heavy atom. The van der Waals surface area contributed by atoms with Crippen LogP contribution in [0.3, 0.4) is 0 Å². The maximum atomic E-state index is 13.2. The molecule has 1 aliphatic rings. The third kappa shape index (κ3) is 3.06. The molecule has 5 heteroatoms. The molecule has 0 saturated carbocycles. The molecular weight excluding hydrogens is 378 g/mol. The zero-order valence-corrected chi connectivity index (χ0v) is 17.7. The van der Waals surface area contributed by atoms with Crippen molar-refractivity contribution < 1.29 is 4.79 Å². The molecule has 1 aliphatic heterocycles. The van der Waals surface area contributed by atoms with Crippen LogP contribution >= 0.6 is 11.3 Å². The third-order valence-electron chi connectivity index (χ3n) is 5.89. The topological polar surface area (TPSA) is 37.6 Å². The average molecular weight is 402 g/mol. The monoisotopic (exact) mass is 401 g/mol. The van der Waals surface area contributed by atoms with Crippen molar-refractivity contribution in [1.29, 1.82) is 0 Å². The minimum Gasteiger partial charge on any atom is -0.309 e. The number of para-hydroxylation sites is 1. The molecule has 5 rings (SSSR count). The molecule has 3 heterocycles. The van der Waals surface area contributed by atoms with E-state index in [1.54, 1.807) is 11.3 Å². The van der Waals surface area contributed by atoms with E-state index in [0.717, 1.165) is 34.0 Å². The largest absolute Gasteiger partial charge is 0.309 e. The van der Waals surface area contributed by atoms with Crippen LogP contribution in [-0.4, -0.2) is 21.3 Å². The summed E-state index contributed by atoms with van der Waals surface area (Å²) >= 11 is 1.59. The van der Waals surface area contributed by atoms with Crippen LogP contribution < -0.4 is 4.90 Å². The quantitative estimate of drug-likeness (QED) is 0.473.